The van der Waals surface area contributed by atoms with E-state index in [4.69, 9.17) is 5.73 Å². The minimum atomic E-state index is 0.112. The number of rotatable bonds is 4. The molecule has 88 valence electrons. The third kappa shape index (κ3) is 2.13. The number of amides is 1. The van der Waals surface area contributed by atoms with Crippen LogP contribution in [0, 0.1) is 12.8 Å². The fraction of sp³-hybridized carbons (Fsp3) is 0.583. The molecule has 0 bridgehead atoms. The van der Waals surface area contributed by atoms with Crippen molar-refractivity contribution in [2.75, 3.05) is 13.6 Å². The molecule has 1 atom stereocenters. The zero-order chi connectivity index (χ0) is 11.7. The fourth-order valence-corrected chi connectivity index (χ4v) is 2.89. The normalized spacial score (nSPS) is 17.2. The maximum Gasteiger partial charge on any atom is 0.255 e. The number of likely N-dealkylation sites (N-methyl/N-ethyl adjacent to an activating group) is 1. The van der Waals surface area contributed by atoms with Crippen LogP contribution in [-0.2, 0) is 0 Å². The number of aryl methyl sites for hydroxylation is 1. The van der Waals surface area contributed by atoms with E-state index >= 15 is 0 Å². The molecule has 16 heavy (non-hydrogen) atoms. The second kappa shape index (κ2) is 4.55. The van der Waals surface area contributed by atoms with Crippen LogP contribution < -0.4 is 5.73 Å². The summed E-state index contributed by atoms with van der Waals surface area (Å²) in [6.45, 7) is 2.54. The molecule has 0 saturated heterocycles. The molecular formula is C12H18N2OS. The van der Waals surface area contributed by atoms with Crippen molar-refractivity contribution in [1.29, 1.82) is 0 Å². The highest BCUT2D eigenvalue weighted by atomic mass is 32.1. The Balaban J connectivity index is 2.11. The Hall–Kier alpha value is -0.870. The van der Waals surface area contributed by atoms with Crippen molar-refractivity contribution >= 4 is 17.2 Å². The molecule has 0 spiro atoms. The third-order valence-electron chi connectivity index (χ3n) is 3.31. The molecule has 2 N–H and O–H groups in total. The molecule has 1 aromatic rings. The third-order valence-corrected chi connectivity index (χ3v) is 4.17. The van der Waals surface area contributed by atoms with Crippen molar-refractivity contribution in [2.24, 2.45) is 11.7 Å². The van der Waals surface area contributed by atoms with Crippen molar-refractivity contribution in [2.45, 2.75) is 25.8 Å². The van der Waals surface area contributed by atoms with Crippen LogP contribution in [0.1, 0.15) is 28.8 Å². The molecule has 1 amide bonds. The Morgan fingerprint density at radius 2 is 2.31 bits per heavy atom. The standard InChI is InChI=1S/C12H18N2OS/c1-8-6-16-7-10(8)12(15)14(2)11(5-13)9-3-4-9/h6-7,9,11H,3-5,13H2,1-2H3. The lowest BCUT2D eigenvalue weighted by Gasteiger charge is -2.27. The molecule has 1 fully saturated rings. The summed E-state index contributed by atoms with van der Waals surface area (Å²) in [5.41, 5.74) is 7.64. The van der Waals surface area contributed by atoms with E-state index in [1.165, 1.54) is 12.8 Å². The molecule has 1 unspecified atom stereocenters. The number of carbonyl (C=O) groups excluding carboxylic acids is 1. The van der Waals surface area contributed by atoms with Crippen molar-refractivity contribution in [3.05, 3.63) is 21.9 Å². The van der Waals surface area contributed by atoms with Gasteiger partial charge in [-0.2, -0.15) is 11.3 Å². The minimum Gasteiger partial charge on any atom is -0.337 e. The summed E-state index contributed by atoms with van der Waals surface area (Å²) < 4.78 is 0. The predicted octanol–water partition coefficient (Wildman–Crippen LogP) is 1.87. The van der Waals surface area contributed by atoms with Gasteiger partial charge >= 0.3 is 0 Å². The van der Waals surface area contributed by atoms with E-state index in [0.717, 1.165) is 11.1 Å². The topological polar surface area (TPSA) is 46.3 Å². The lowest BCUT2D eigenvalue weighted by atomic mass is 10.1. The van der Waals surface area contributed by atoms with Crippen LogP contribution in [0.2, 0.25) is 0 Å². The molecule has 0 aliphatic heterocycles. The number of nitrogens with zero attached hydrogens (tertiary/aromatic N) is 1. The molecule has 3 nitrogen and oxygen atoms in total. The molecule has 2 rings (SSSR count). The monoisotopic (exact) mass is 238 g/mol. The quantitative estimate of drug-likeness (QED) is 0.870. The SMILES string of the molecule is Cc1cscc1C(=O)N(C)C(CN)C1CC1. The zero-order valence-electron chi connectivity index (χ0n) is 9.77. The van der Waals surface area contributed by atoms with Crippen molar-refractivity contribution < 1.29 is 4.79 Å². The lowest BCUT2D eigenvalue weighted by Crippen LogP contribution is -2.43. The van der Waals surface area contributed by atoms with Gasteiger partial charge in [-0.3, -0.25) is 4.79 Å². The molecule has 1 saturated carbocycles. The molecule has 0 aromatic carbocycles. The van der Waals surface area contributed by atoms with Gasteiger partial charge in [0.2, 0.25) is 0 Å². The smallest absolute Gasteiger partial charge is 0.255 e. The van der Waals surface area contributed by atoms with E-state index in [9.17, 15) is 4.79 Å². The zero-order valence-corrected chi connectivity index (χ0v) is 10.6. The summed E-state index contributed by atoms with van der Waals surface area (Å²) in [5.74, 6) is 0.735. The average molecular weight is 238 g/mol. The van der Waals surface area contributed by atoms with Gasteiger partial charge in [-0.05, 0) is 36.6 Å². The van der Waals surface area contributed by atoms with E-state index in [0.29, 0.717) is 12.5 Å². The number of thiophene rings is 1. The van der Waals surface area contributed by atoms with Crippen LogP contribution in [-0.4, -0.2) is 30.4 Å². The van der Waals surface area contributed by atoms with Gasteiger partial charge in [0.25, 0.3) is 5.91 Å². The van der Waals surface area contributed by atoms with Gasteiger partial charge in [0.05, 0.1) is 5.56 Å². The number of hydrogen-bond donors (Lipinski definition) is 1. The summed E-state index contributed by atoms with van der Waals surface area (Å²) in [6.07, 6.45) is 2.42. The van der Waals surface area contributed by atoms with Gasteiger partial charge in [0.1, 0.15) is 0 Å². The summed E-state index contributed by atoms with van der Waals surface area (Å²) in [6, 6.07) is 0.215. The van der Waals surface area contributed by atoms with Crippen LogP contribution >= 0.6 is 11.3 Å². The second-order valence-electron chi connectivity index (χ2n) is 4.53. The van der Waals surface area contributed by atoms with Crippen LogP contribution in [0.4, 0.5) is 0 Å². The first-order chi connectivity index (χ1) is 7.65. The van der Waals surface area contributed by atoms with E-state index in [-0.39, 0.29) is 11.9 Å². The molecule has 4 heteroatoms. The highest BCUT2D eigenvalue weighted by Crippen LogP contribution is 2.35. The second-order valence-corrected chi connectivity index (χ2v) is 5.27. The van der Waals surface area contributed by atoms with E-state index in [2.05, 4.69) is 0 Å². The minimum absolute atomic E-state index is 0.112. The van der Waals surface area contributed by atoms with Crippen LogP contribution in [0.15, 0.2) is 10.8 Å². The maximum absolute atomic E-state index is 12.2. The Morgan fingerprint density at radius 1 is 1.62 bits per heavy atom. The van der Waals surface area contributed by atoms with Crippen LogP contribution in [0.5, 0.6) is 0 Å². The van der Waals surface area contributed by atoms with E-state index in [1.807, 2.05) is 29.6 Å². The van der Waals surface area contributed by atoms with E-state index < -0.39 is 0 Å². The number of nitrogens with two attached hydrogens (primary N) is 1. The number of hydrogen-bond acceptors (Lipinski definition) is 3. The van der Waals surface area contributed by atoms with Gasteiger partial charge in [0.15, 0.2) is 0 Å². The first-order valence-electron chi connectivity index (χ1n) is 5.65. The Labute approximate surface area is 100 Å². The largest absolute Gasteiger partial charge is 0.337 e. The van der Waals surface area contributed by atoms with Crippen LogP contribution in [0.25, 0.3) is 0 Å². The Kier molecular flexibility index (Phi) is 3.30. The van der Waals surface area contributed by atoms with Gasteiger partial charge in [0, 0.05) is 25.0 Å². The molecule has 1 aliphatic carbocycles. The molecule has 1 aliphatic rings. The number of carbonyl (C=O) groups is 1. The molecule has 1 heterocycles. The predicted molar refractivity (Wildman–Crippen MR) is 66.7 cm³/mol. The van der Waals surface area contributed by atoms with Gasteiger partial charge in [-0.1, -0.05) is 0 Å². The molecular weight excluding hydrogens is 220 g/mol. The van der Waals surface area contributed by atoms with Crippen molar-refractivity contribution in [1.82, 2.24) is 4.90 Å². The highest BCUT2D eigenvalue weighted by Gasteiger charge is 2.35. The van der Waals surface area contributed by atoms with Gasteiger partial charge in [-0.25, -0.2) is 0 Å². The Bertz CT molecular complexity index is 384. The van der Waals surface area contributed by atoms with Gasteiger partial charge < -0.3 is 10.6 Å². The van der Waals surface area contributed by atoms with Crippen molar-refractivity contribution in [3.63, 3.8) is 0 Å². The highest BCUT2D eigenvalue weighted by molar-refractivity contribution is 7.08. The first-order valence-corrected chi connectivity index (χ1v) is 6.59. The fourth-order valence-electron chi connectivity index (χ4n) is 2.07. The summed E-state index contributed by atoms with van der Waals surface area (Å²) in [4.78, 5) is 14.1. The maximum atomic E-state index is 12.2. The first kappa shape index (κ1) is 11.6. The van der Waals surface area contributed by atoms with Crippen LogP contribution in [0.3, 0.4) is 0 Å². The summed E-state index contributed by atoms with van der Waals surface area (Å²) >= 11 is 1.58. The van der Waals surface area contributed by atoms with E-state index in [1.54, 1.807) is 11.3 Å². The summed E-state index contributed by atoms with van der Waals surface area (Å²) in [7, 11) is 1.87. The molecule has 0 radical (unpaired) electrons. The average Bonchev–Trinajstić information content (AvgIpc) is 3.01. The van der Waals surface area contributed by atoms with Gasteiger partial charge in [-0.15, -0.1) is 0 Å². The summed E-state index contributed by atoms with van der Waals surface area (Å²) in [5, 5.41) is 3.93. The molecule has 1 aromatic heterocycles. The van der Waals surface area contributed by atoms with Crippen molar-refractivity contribution in [3.8, 4) is 0 Å². The lowest BCUT2D eigenvalue weighted by molar-refractivity contribution is 0.0718. The Morgan fingerprint density at radius 3 is 2.75 bits per heavy atom.